The molecule has 0 radical (unpaired) electrons. The fourth-order valence-electron chi connectivity index (χ4n) is 10.0. The van der Waals surface area contributed by atoms with Crippen molar-refractivity contribution in [2.24, 2.45) is 0 Å². The van der Waals surface area contributed by atoms with Crippen molar-refractivity contribution < 1.29 is 8.57 Å². The zero-order chi connectivity index (χ0) is 36.5. The second kappa shape index (κ2) is 14.1. The normalized spacial score (nSPS) is 16.9. The summed E-state index contributed by atoms with van der Waals surface area (Å²) in [6.45, 7) is 1.52. The Labute approximate surface area is 320 Å². The highest BCUT2D eigenvalue weighted by molar-refractivity contribution is 7.13. The lowest BCUT2D eigenvalue weighted by atomic mass is 9.27. The van der Waals surface area contributed by atoms with Gasteiger partial charge in [-0.25, -0.2) is 0 Å². The first-order chi connectivity index (χ1) is 26.6. The third kappa shape index (κ3) is 5.37. The van der Waals surface area contributed by atoms with Gasteiger partial charge < -0.3 is 8.57 Å². The first-order valence-corrected chi connectivity index (χ1v) is 19.1. The Morgan fingerprint density at radius 1 is 0.296 bits per heavy atom. The maximum atomic E-state index is 3.70. The van der Waals surface area contributed by atoms with Crippen LogP contribution in [0.25, 0.3) is 22.1 Å². The lowest BCUT2D eigenvalue weighted by molar-refractivity contribution is 0.0929. The second-order valence-corrected chi connectivity index (χ2v) is 15.0. The van der Waals surface area contributed by atoms with Crippen molar-refractivity contribution in [2.75, 3.05) is 27.4 Å². The van der Waals surface area contributed by atoms with Crippen molar-refractivity contribution >= 4 is 56.6 Å². The Morgan fingerprint density at radius 2 is 0.537 bits per heavy atom. The van der Waals surface area contributed by atoms with Gasteiger partial charge in [0.1, 0.15) is 13.2 Å². The van der Waals surface area contributed by atoms with Crippen LogP contribution < -0.4 is 21.9 Å². The molecule has 9 rings (SSSR count). The molecule has 0 aromatic heterocycles. The second-order valence-electron chi connectivity index (χ2n) is 15.0. The van der Waals surface area contributed by atoms with E-state index in [1.807, 2.05) is 0 Å². The summed E-state index contributed by atoms with van der Waals surface area (Å²) in [7, 11) is 4.45. The molecule has 2 aliphatic heterocycles. The van der Waals surface area contributed by atoms with E-state index in [-0.39, 0.29) is 0 Å². The van der Waals surface area contributed by atoms with Crippen molar-refractivity contribution in [3.63, 3.8) is 0 Å². The Balaban J connectivity index is 1.26. The van der Waals surface area contributed by atoms with Crippen LogP contribution in [0.15, 0.2) is 206 Å². The molecule has 2 heterocycles. The Hall–Kier alpha value is -5.93. The number of hydrogen-bond donors (Lipinski definition) is 0. The average Bonchev–Trinajstić information content (AvgIpc) is 3.74. The predicted molar refractivity (Wildman–Crippen MR) is 233 cm³/mol. The zero-order valence-corrected chi connectivity index (χ0v) is 31.0. The molecular formula is C50H44B2O2. The molecule has 4 heteroatoms. The van der Waals surface area contributed by atoms with Gasteiger partial charge in [0.05, 0.1) is 14.2 Å². The lowest BCUT2D eigenvalue weighted by Crippen LogP contribution is -2.64. The topological polar surface area (TPSA) is 5.40 Å². The van der Waals surface area contributed by atoms with Gasteiger partial charge in [0.2, 0.25) is 0 Å². The minimum Gasteiger partial charge on any atom is -0.659 e. The molecule has 0 amide bonds. The van der Waals surface area contributed by atoms with Crippen molar-refractivity contribution in [3.05, 3.63) is 229 Å². The molecule has 0 aliphatic carbocycles. The summed E-state index contributed by atoms with van der Waals surface area (Å²) in [4.78, 5) is 0. The Morgan fingerprint density at radius 3 is 0.796 bits per heavy atom. The van der Waals surface area contributed by atoms with Gasteiger partial charge in [-0.15, -0.1) is 21.9 Å². The molecule has 7 aromatic rings. The minimum absolute atomic E-state index is 0.762. The van der Waals surface area contributed by atoms with Crippen molar-refractivity contribution in [1.82, 2.24) is 0 Å². The highest BCUT2D eigenvalue weighted by Gasteiger charge is 2.53. The molecule has 7 aromatic carbocycles. The van der Waals surface area contributed by atoms with Crippen LogP contribution in [0.5, 0.6) is 0 Å². The summed E-state index contributed by atoms with van der Waals surface area (Å²) in [6, 6.07) is 75.7. The van der Waals surface area contributed by atoms with Gasteiger partial charge in [0.25, 0.3) is 0 Å². The SMILES string of the molecule is C[O+]1CC(c2ccc(C3=C(c4ccccc4)[B-](c4ccccc4)(c4ccccc4)[O+](C)C3)cc2)=C(c2ccccc2)[B-]1(c1ccccc1)c1ccccc1. The van der Waals surface area contributed by atoms with Gasteiger partial charge in [-0.3, -0.25) is 0 Å². The summed E-state index contributed by atoms with van der Waals surface area (Å²) in [5, 5.41) is 0. The van der Waals surface area contributed by atoms with Gasteiger partial charge in [-0.2, -0.15) is 0 Å². The zero-order valence-electron chi connectivity index (χ0n) is 31.0. The monoisotopic (exact) mass is 698 g/mol. The molecule has 0 spiro atoms. The van der Waals surface area contributed by atoms with Crippen LogP contribution in [0.2, 0.25) is 0 Å². The third-order valence-electron chi connectivity index (χ3n) is 12.2. The predicted octanol–water partition coefficient (Wildman–Crippen LogP) is 8.50. The van der Waals surface area contributed by atoms with E-state index in [1.165, 1.54) is 66.2 Å². The minimum atomic E-state index is -1.51. The summed E-state index contributed by atoms with van der Waals surface area (Å²) in [5.41, 5.74) is 15.6. The quantitative estimate of drug-likeness (QED) is 0.111. The summed E-state index contributed by atoms with van der Waals surface area (Å²) in [6.07, 6.45) is -3.02. The maximum Gasteiger partial charge on any atom is 0.378 e. The van der Waals surface area contributed by atoms with Crippen LogP contribution in [0, 0.1) is 0 Å². The van der Waals surface area contributed by atoms with Gasteiger partial charge in [0, 0.05) is 11.1 Å². The maximum absolute atomic E-state index is 3.70. The van der Waals surface area contributed by atoms with Gasteiger partial charge in [-0.1, -0.05) is 228 Å². The van der Waals surface area contributed by atoms with E-state index >= 15 is 0 Å². The first-order valence-electron chi connectivity index (χ1n) is 19.1. The van der Waals surface area contributed by atoms with Crippen LogP contribution >= 0.6 is 0 Å². The standard InChI is InChI=1S/C50H44B2O2/c1-53-37-47(49(41-21-9-3-10-22-41)51(53,43-25-13-5-14-26-43)44-27-15-6-16-28-44)39-33-35-40(36-34-39)48-38-54(2)52(45-29-17-7-18-30-45,46-31-19-8-20-32-46)50(48)42-23-11-4-12-24-42/h3-36H,37-38H2,1-2H3. The first kappa shape index (κ1) is 33.9. The largest absolute Gasteiger partial charge is 0.659 e. The molecule has 54 heavy (non-hydrogen) atoms. The molecule has 0 fully saturated rings. The molecule has 0 unspecified atom stereocenters. The van der Waals surface area contributed by atoms with Crippen LogP contribution in [-0.4, -0.2) is 40.1 Å². The highest BCUT2D eigenvalue weighted by Crippen LogP contribution is 2.46. The van der Waals surface area contributed by atoms with E-state index in [0.29, 0.717) is 0 Å². The van der Waals surface area contributed by atoms with Gasteiger partial charge in [-0.05, 0) is 11.1 Å². The van der Waals surface area contributed by atoms with Crippen LogP contribution in [0.4, 0.5) is 0 Å². The molecule has 0 saturated carbocycles. The molecule has 2 nitrogen and oxygen atoms in total. The fraction of sp³-hybridized carbons (Fsp3) is 0.0800. The van der Waals surface area contributed by atoms with Crippen molar-refractivity contribution in [3.8, 4) is 0 Å². The van der Waals surface area contributed by atoms with Crippen LogP contribution in [0.1, 0.15) is 22.3 Å². The molecular weight excluding hydrogens is 654 g/mol. The van der Waals surface area contributed by atoms with E-state index in [0.717, 1.165) is 13.2 Å². The van der Waals surface area contributed by atoms with E-state index in [1.54, 1.807) is 0 Å². The number of hydrogen-bond acceptors (Lipinski definition) is 0. The fourth-order valence-corrected chi connectivity index (χ4v) is 10.0. The highest BCUT2D eigenvalue weighted by atomic mass is 16.6. The number of rotatable bonds is 8. The molecule has 0 saturated heterocycles. The average molecular weight is 699 g/mol. The van der Waals surface area contributed by atoms with Crippen LogP contribution in [0.3, 0.4) is 0 Å². The lowest BCUT2D eigenvalue weighted by Gasteiger charge is -2.43. The smallest absolute Gasteiger partial charge is 0.378 e. The number of benzene rings is 7. The molecule has 2 aliphatic rings. The van der Waals surface area contributed by atoms with E-state index in [4.69, 9.17) is 0 Å². The van der Waals surface area contributed by atoms with Crippen LogP contribution in [-0.2, 0) is 8.57 Å². The molecule has 0 N–H and O–H groups in total. The van der Waals surface area contributed by atoms with E-state index < -0.39 is 12.7 Å². The van der Waals surface area contributed by atoms with Gasteiger partial charge in [0.15, 0.2) is 0 Å². The Bertz CT molecular complexity index is 2180. The van der Waals surface area contributed by atoms with Gasteiger partial charge >= 0.3 is 12.7 Å². The molecule has 262 valence electrons. The summed E-state index contributed by atoms with van der Waals surface area (Å²) in [5.74, 6) is 0. The summed E-state index contributed by atoms with van der Waals surface area (Å²) >= 11 is 0. The van der Waals surface area contributed by atoms with E-state index in [9.17, 15) is 0 Å². The van der Waals surface area contributed by atoms with Crippen molar-refractivity contribution in [2.45, 2.75) is 0 Å². The molecule has 0 atom stereocenters. The third-order valence-corrected chi connectivity index (χ3v) is 12.2. The molecule has 0 bridgehead atoms. The Kier molecular flexibility index (Phi) is 8.87. The van der Waals surface area contributed by atoms with E-state index in [2.05, 4.69) is 229 Å². The summed E-state index contributed by atoms with van der Waals surface area (Å²) < 4.78 is 7.40. The van der Waals surface area contributed by atoms with Crippen molar-refractivity contribution in [1.29, 1.82) is 0 Å².